The Morgan fingerprint density at radius 3 is 2.44 bits per heavy atom. The number of rotatable bonds is 10. The zero-order valence-electron chi connectivity index (χ0n) is 22.4. The second kappa shape index (κ2) is 12.9. The van der Waals surface area contributed by atoms with Gasteiger partial charge in [-0.15, -0.1) is 0 Å². The van der Waals surface area contributed by atoms with Crippen molar-refractivity contribution in [3.05, 3.63) is 65.7 Å². The summed E-state index contributed by atoms with van der Waals surface area (Å²) in [5, 5.41) is 23.0. The molecule has 11 nitrogen and oxygen atoms in total. The van der Waals surface area contributed by atoms with Gasteiger partial charge in [0.05, 0.1) is 12.6 Å². The lowest BCUT2D eigenvalue weighted by Crippen LogP contribution is -2.56. The summed E-state index contributed by atoms with van der Waals surface area (Å²) in [5.74, 6) is -6.31. The number of aliphatic hydroxyl groups is 1. The zero-order chi connectivity index (χ0) is 29.6. The quantitative estimate of drug-likeness (QED) is 0.287. The first-order valence-electron chi connectivity index (χ1n) is 13.2. The van der Waals surface area contributed by atoms with Gasteiger partial charge in [0.25, 0.3) is 17.7 Å². The van der Waals surface area contributed by atoms with Crippen molar-refractivity contribution in [2.24, 2.45) is 5.10 Å². The minimum atomic E-state index is -3.35. The van der Waals surface area contributed by atoms with Gasteiger partial charge < -0.3 is 26.0 Å². The average molecular weight is 571 g/mol. The number of hydrogen-bond acceptors (Lipinski definition) is 7. The van der Waals surface area contributed by atoms with Crippen molar-refractivity contribution in [2.45, 2.75) is 56.3 Å². The Bertz CT molecular complexity index is 1300. The molecule has 2 heterocycles. The number of nitrogens with zero attached hydrogens (tertiary/aromatic N) is 2. The summed E-state index contributed by atoms with van der Waals surface area (Å²) in [6, 6.07) is 13.0. The maximum atomic E-state index is 14.5. The highest BCUT2D eigenvalue weighted by molar-refractivity contribution is 6.39. The molecule has 0 bridgehead atoms. The fourth-order valence-corrected chi connectivity index (χ4v) is 4.72. The molecule has 2 aliphatic rings. The van der Waals surface area contributed by atoms with Crippen molar-refractivity contribution in [3.8, 4) is 0 Å². The first kappa shape index (κ1) is 29.6. The van der Waals surface area contributed by atoms with E-state index in [2.05, 4.69) is 26.5 Å². The molecule has 3 atom stereocenters. The molecule has 13 heteroatoms. The predicted octanol–water partition coefficient (Wildman–Crippen LogP) is 0.935. The molecular weight excluding hydrogens is 538 g/mol. The summed E-state index contributed by atoms with van der Waals surface area (Å²) in [4.78, 5) is 51.4. The lowest BCUT2D eigenvalue weighted by atomic mass is 9.99. The smallest absolute Gasteiger partial charge is 0.267 e. The van der Waals surface area contributed by atoms with Crippen LogP contribution in [0.2, 0.25) is 0 Å². The molecule has 0 aliphatic carbocycles. The van der Waals surface area contributed by atoms with Crippen LogP contribution in [0.5, 0.6) is 0 Å². The van der Waals surface area contributed by atoms with E-state index in [4.69, 9.17) is 0 Å². The van der Waals surface area contributed by atoms with Crippen molar-refractivity contribution in [1.29, 1.82) is 0 Å². The van der Waals surface area contributed by atoms with Crippen LogP contribution in [0, 0.1) is 0 Å². The maximum Gasteiger partial charge on any atom is 0.267 e. The lowest BCUT2D eigenvalue weighted by molar-refractivity contribution is -0.147. The molecule has 41 heavy (non-hydrogen) atoms. The zero-order valence-corrected chi connectivity index (χ0v) is 22.4. The van der Waals surface area contributed by atoms with Crippen LogP contribution in [0.1, 0.15) is 30.4 Å². The number of halogens is 2. The van der Waals surface area contributed by atoms with Gasteiger partial charge in [0.2, 0.25) is 11.8 Å². The molecule has 0 unspecified atom stereocenters. The van der Waals surface area contributed by atoms with Crippen molar-refractivity contribution in [2.75, 3.05) is 18.9 Å². The largest absolute Gasteiger partial charge is 0.388 e. The van der Waals surface area contributed by atoms with E-state index in [-0.39, 0.29) is 37.4 Å². The average Bonchev–Trinajstić information content (AvgIpc) is 3.31. The van der Waals surface area contributed by atoms with Crippen molar-refractivity contribution in [1.82, 2.24) is 21.0 Å². The lowest BCUT2D eigenvalue weighted by Gasteiger charge is -2.30. The second-order valence-electron chi connectivity index (χ2n) is 10.0. The van der Waals surface area contributed by atoms with Gasteiger partial charge in [-0.3, -0.25) is 19.2 Å². The summed E-state index contributed by atoms with van der Waals surface area (Å²) in [5.41, 5.74) is 4.45. The standard InChI is InChI=1S/C28H32F2N6O5/c1-31-19-9-7-18(8-10-19)15-32-26(40)22-14-28(29,30)16-36(22)27(41)24(38)21(13-17-5-3-2-4-6-17)33-25(39)20-11-12-23(37)35-34-20/h2-10,21-22,24,31,38H,11-16H2,1H3,(H,32,40)(H,33,39)(H,35,37)/t21-,22-,24-/m0/s1. The SMILES string of the molecule is CNc1ccc(CNC(=O)[C@@H]2CC(F)(F)CN2C(=O)[C@@H](O)[C@H](Cc2ccccc2)NC(=O)C2=NNC(=O)CC2)cc1. The molecule has 2 aliphatic heterocycles. The Kier molecular flexibility index (Phi) is 9.28. The third-order valence-electron chi connectivity index (χ3n) is 6.98. The van der Waals surface area contributed by atoms with Crippen LogP contribution in [0.3, 0.4) is 0 Å². The first-order valence-corrected chi connectivity index (χ1v) is 13.2. The summed E-state index contributed by atoms with van der Waals surface area (Å²) in [6.45, 7) is -0.997. The minimum Gasteiger partial charge on any atom is -0.388 e. The molecule has 1 fully saturated rings. The molecule has 0 saturated carbocycles. The van der Waals surface area contributed by atoms with Crippen LogP contribution >= 0.6 is 0 Å². The molecule has 2 aromatic rings. The molecule has 0 spiro atoms. The molecular formula is C28H32F2N6O5. The normalized spacial score (nSPS) is 19.4. The Morgan fingerprint density at radius 2 is 1.80 bits per heavy atom. The van der Waals surface area contributed by atoms with Gasteiger partial charge in [-0.2, -0.15) is 5.10 Å². The van der Waals surface area contributed by atoms with Gasteiger partial charge in [-0.05, 0) is 29.7 Å². The van der Waals surface area contributed by atoms with Crippen molar-refractivity contribution in [3.63, 3.8) is 0 Å². The Balaban J connectivity index is 1.49. The van der Waals surface area contributed by atoms with Crippen LogP contribution < -0.4 is 21.4 Å². The highest BCUT2D eigenvalue weighted by Crippen LogP contribution is 2.33. The van der Waals surface area contributed by atoms with Crippen LogP contribution in [0.4, 0.5) is 14.5 Å². The number of alkyl halides is 2. The number of hydrazone groups is 1. The number of anilines is 1. The Labute approximate surface area is 235 Å². The third-order valence-corrected chi connectivity index (χ3v) is 6.98. The number of hydrogen-bond donors (Lipinski definition) is 5. The fourth-order valence-electron chi connectivity index (χ4n) is 4.72. The van der Waals surface area contributed by atoms with E-state index >= 15 is 0 Å². The number of likely N-dealkylation sites (tertiary alicyclic amines) is 1. The number of amides is 4. The number of carbonyl (C=O) groups is 4. The van der Waals surface area contributed by atoms with E-state index < -0.39 is 54.8 Å². The van der Waals surface area contributed by atoms with Crippen molar-refractivity contribution < 1.29 is 33.1 Å². The van der Waals surface area contributed by atoms with E-state index in [1.165, 1.54) is 0 Å². The highest BCUT2D eigenvalue weighted by Gasteiger charge is 2.51. The predicted molar refractivity (Wildman–Crippen MR) is 146 cm³/mol. The van der Waals surface area contributed by atoms with E-state index in [0.717, 1.165) is 11.3 Å². The third kappa shape index (κ3) is 7.63. The molecule has 1 saturated heterocycles. The molecule has 5 N–H and O–H groups in total. The summed E-state index contributed by atoms with van der Waals surface area (Å²) in [6.07, 6.45) is -2.77. The molecule has 218 valence electrons. The maximum absolute atomic E-state index is 14.5. The van der Waals surface area contributed by atoms with Gasteiger partial charge in [0.1, 0.15) is 11.8 Å². The van der Waals surface area contributed by atoms with Crippen LogP contribution in [0.15, 0.2) is 59.7 Å². The Morgan fingerprint density at radius 1 is 1.10 bits per heavy atom. The minimum absolute atomic E-state index is 0.00461. The molecule has 2 aromatic carbocycles. The molecule has 0 aromatic heterocycles. The van der Waals surface area contributed by atoms with Gasteiger partial charge in [-0.25, -0.2) is 14.2 Å². The summed E-state index contributed by atoms with van der Waals surface area (Å²) < 4.78 is 29.1. The fraction of sp³-hybridized carbons (Fsp3) is 0.393. The number of benzene rings is 2. The summed E-state index contributed by atoms with van der Waals surface area (Å²) >= 11 is 0. The summed E-state index contributed by atoms with van der Waals surface area (Å²) in [7, 11) is 1.76. The van der Waals surface area contributed by atoms with E-state index in [0.29, 0.717) is 10.5 Å². The second-order valence-corrected chi connectivity index (χ2v) is 10.0. The van der Waals surface area contributed by atoms with Gasteiger partial charge >= 0.3 is 0 Å². The monoisotopic (exact) mass is 570 g/mol. The molecule has 4 amide bonds. The Hall–Kier alpha value is -4.39. The number of carbonyl (C=O) groups excluding carboxylic acids is 4. The van der Waals surface area contributed by atoms with E-state index in [9.17, 15) is 33.1 Å². The van der Waals surface area contributed by atoms with Crippen molar-refractivity contribution >= 4 is 35.0 Å². The first-order chi connectivity index (χ1) is 19.6. The van der Waals surface area contributed by atoms with Gasteiger partial charge in [0, 0.05) is 38.5 Å². The van der Waals surface area contributed by atoms with E-state index in [1.807, 2.05) is 0 Å². The van der Waals surface area contributed by atoms with Gasteiger partial charge in [0.15, 0.2) is 6.10 Å². The molecule has 4 rings (SSSR count). The van der Waals surface area contributed by atoms with Crippen LogP contribution in [-0.4, -0.2) is 77.0 Å². The topological polar surface area (TPSA) is 152 Å². The van der Waals surface area contributed by atoms with Gasteiger partial charge in [-0.1, -0.05) is 42.5 Å². The highest BCUT2D eigenvalue weighted by atomic mass is 19.3. The number of nitrogens with one attached hydrogen (secondary N) is 4. The van der Waals surface area contributed by atoms with E-state index in [1.54, 1.807) is 61.6 Å². The van der Waals surface area contributed by atoms with Crippen LogP contribution in [0.25, 0.3) is 0 Å². The van der Waals surface area contributed by atoms with Crippen LogP contribution in [-0.2, 0) is 32.1 Å². The molecule has 0 radical (unpaired) electrons. The number of aliphatic hydroxyl groups excluding tert-OH is 1.